The zero-order valence-electron chi connectivity index (χ0n) is 8.45. The van der Waals surface area contributed by atoms with E-state index in [0.29, 0.717) is 17.5 Å². The van der Waals surface area contributed by atoms with E-state index >= 15 is 0 Å². The van der Waals surface area contributed by atoms with E-state index in [1.807, 2.05) is 13.0 Å². The van der Waals surface area contributed by atoms with Gasteiger partial charge in [-0.25, -0.2) is 4.79 Å². The largest absolute Gasteiger partial charge is 0.478 e. The number of carboxylic acids is 1. The van der Waals surface area contributed by atoms with E-state index in [0.717, 1.165) is 5.56 Å². The highest BCUT2D eigenvalue weighted by molar-refractivity contribution is 5.90. The third kappa shape index (κ3) is 2.14. The van der Waals surface area contributed by atoms with Gasteiger partial charge in [-0.1, -0.05) is 13.0 Å². The Bertz CT molecular complexity index is 433. The summed E-state index contributed by atoms with van der Waals surface area (Å²) in [5, 5.41) is 17.8. The fraction of sp³-hybridized carbons (Fsp3) is 0.273. The molecule has 0 fully saturated rings. The standard InChI is InChI=1S/C11H12N2O2/c1-2-7-3-9(6-13)10(11(14)15)4-8(7)5-12/h3-4H,2,6,13H2,1H3,(H,14,15). The molecule has 0 heterocycles. The van der Waals surface area contributed by atoms with E-state index in [9.17, 15) is 4.79 Å². The van der Waals surface area contributed by atoms with E-state index in [-0.39, 0.29) is 12.1 Å². The van der Waals surface area contributed by atoms with Gasteiger partial charge in [0.05, 0.1) is 17.2 Å². The van der Waals surface area contributed by atoms with Gasteiger partial charge in [0.2, 0.25) is 0 Å². The topological polar surface area (TPSA) is 87.1 Å². The number of hydrogen-bond donors (Lipinski definition) is 2. The summed E-state index contributed by atoms with van der Waals surface area (Å²) in [7, 11) is 0. The highest BCUT2D eigenvalue weighted by atomic mass is 16.4. The second kappa shape index (κ2) is 4.58. The van der Waals surface area contributed by atoms with Crippen LogP contribution >= 0.6 is 0 Å². The molecular weight excluding hydrogens is 192 g/mol. The first-order valence-corrected chi connectivity index (χ1v) is 4.63. The molecule has 0 spiro atoms. The molecule has 0 aliphatic heterocycles. The quantitative estimate of drug-likeness (QED) is 0.776. The summed E-state index contributed by atoms with van der Waals surface area (Å²) in [4.78, 5) is 10.9. The molecule has 0 saturated heterocycles. The average molecular weight is 204 g/mol. The number of aromatic carboxylic acids is 1. The number of carboxylic acid groups (broad SMARTS) is 1. The summed E-state index contributed by atoms with van der Waals surface area (Å²) >= 11 is 0. The molecule has 1 rings (SSSR count). The number of nitrogens with zero attached hydrogens (tertiary/aromatic N) is 1. The van der Waals surface area contributed by atoms with Crippen molar-refractivity contribution in [2.45, 2.75) is 19.9 Å². The van der Waals surface area contributed by atoms with Crippen molar-refractivity contribution in [2.75, 3.05) is 0 Å². The molecule has 0 amide bonds. The number of nitrogens with two attached hydrogens (primary N) is 1. The van der Waals surface area contributed by atoms with Gasteiger partial charge < -0.3 is 10.8 Å². The molecule has 1 aromatic carbocycles. The van der Waals surface area contributed by atoms with Crippen LogP contribution in [0, 0.1) is 11.3 Å². The van der Waals surface area contributed by atoms with Crippen LogP contribution in [0.4, 0.5) is 0 Å². The van der Waals surface area contributed by atoms with Crippen LogP contribution in [0.3, 0.4) is 0 Å². The minimum atomic E-state index is -1.05. The summed E-state index contributed by atoms with van der Waals surface area (Å²) in [6.07, 6.45) is 0.690. The first-order valence-electron chi connectivity index (χ1n) is 4.63. The van der Waals surface area contributed by atoms with Crippen LogP contribution in [0.1, 0.15) is 34.0 Å². The summed E-state index contributed by atoms with van der Waals surface area (Å²) in [5.74, 6) is -1.05. The number of carbonyl (C=O) groups is 1. The molecule has 0 bridgehead atoms. The number of rotatable bonds is 3. The molecule has 0 saturated carbocycles. The molecule has 0 aliphatic rings. The van der Waals surface area contributed by atoms with Gasteiger partial charge in [-0.2, -0.15) is 5.26 Å². The molecule has 4 nitrogen and oxygen atoms in total. The second-order valence-electron chi connectivity index (χ2n) is 3.14. The van der Waals surface area contributed by atoms with Crippen LogP contribution in [0.25, 0.3) is 0 Å². The first kappa shape index (κ1) is 11.2. The van der Waals surface area contributed by atoms with E-state index in [1.54, 1.807) is 6.07 Å². The molecule has 4 heteroatoms. The van der Waals surface area contributed by atoms with Crippen LogP contribution < -0.4 is 5.73 Å². The van der Waals surface area contributed by atoms with Crippen molar-refractivity contribution in [2.24, 2.45) is 5.73 Å². The minimum Gasteiger partial charge on any atom is -0.478 e. The molecule has 3 N–H and O–H groups in total. The van der Waals surface area contributed by atoms with Gasteiger partial charge in [0.1, 0.15) is 0 Å². The molecule has 78 valence electrons. The lowest BCUT2D eigenvalue weighted by molar-refractivity contribution is 0.0695. The minimum absolute atomic E-state index is 0.117. The van der Waals surface area contributed by atoms with Gasteiger partial charge in [0.25, 0.3) is 0 Å². The maximum Gasteiger partial charge on any atom is 0.336 e. The number of benzene rings is 1. The molecule has 15 heavy (non-hydrogen) atoms. The van der Waals surface area contributed by atoms with Crippen molar-refractivity contribution in [1.29, 1.82) is 5.26 Å². The number of nitriles is 1. The monoisotopic (exact) mass is 204 g/mol. The first-order chi connectivity index (χ1) is 7.13. The molecule has 0 aliphatic carbocycles. The van der Waals surface area contributed by atoms with Gasteiger partial charge in [-0.15, -0.1) is 0 Å². The maximum absolute atomic E-state index is 10.9. The van der Waals surface area contributed by atoms with Crippen molar-refractivity contribution in [3.63, 3.8) is 0 Å². The van der Waals surface area contributed by atoms with E-state index < -0.39 is 5.97 Å². The zero-order valence-corrected chi connectivity index (χ0v) is 8.45. The summed E-state index contributed by atoms with van der Waals surface area (Å²) < 4.78 is 0. The van der Waals surface area contributed by atoms with E-state index in [4.69, 9.17) is 16.1 Å². The van der Waals surface area contributed by atoms with E-state index in [1.165, 1.54) is 6.07 Å². The van der Waals surface area contributed by atoms with Crippen LogP contribution in [-0.2, 0) is 13.0 Å². The number of aryl methyl sites for hydroxylation is 1. The van der Waals surface area contributed by atoms with Gasteiger partial charge >= 0.3 is 5.97 Å². The lowest BCUT2D eigenvalue weighted by atomic mass is 9.97. The van der Waals surface area contributed by atoms with Crippen LogP contribution in [0.5, 0.6) is 0 Å². The van der Waals surface area contributed by atoms with Crippen molar-refractivity contribution in [3.05, 3.63) is 34.4 Å². The summed E-state index contributed by atoms with van der Waals surface area (Å²) in [5.41, 5.74) is 7.39. The number of hydrogen-bond acceptors (Lipinski definition) is 3. The normalized spacial score (nSPS) is 9.67. The lowest BCUT2D eigenvalue weighted by Crippen LogP contribution is -2.09. The summed E-state index contributed by atoms with van der Waals surface area (Å²) in [6, 6.07) is 5.08. The smallest absolute Gasteiger partial charge is 0.336 e. The fourth-order valence-electron chi connectivity index (χ4n) is 1.46. The third-order valence-corrected chi connectivity index (χ3v) is 2.28. The van der Waals surface area contributed by atoms with E-state index in [2.05, 4.69) is 0 Å². The molecule has 0 radical (unpaired) electrons. The average Bonchev–Trinajstić information content (AvgIpc) is 2.26. The Kier molecular flexibility index (Phi) is 3.42. The predicted octanol–water partition coefficient (Wildman–Crippen LogP) is 1.28. The Hall–Kier alpha value is -1.86. The molecule has 0 aromatic heterocycles. The maximum atomic E-state index is 10.9. The Morgan fingerprint density at radius 2 is 2.20 bits per heavy atom. The van der Waals surface area contributed by atoms with Crippen LogP contribution in [0.15, 0.2) is 12.1 Å². The van der Waals surface area contributed by atoms with Gasteiger partial charge in [-0.3, -0.25) is 0 Å². The van der Waals surface area contributed by atoms with Crippen molar-refractivity contribution in [3.8, 4) is 6.07 Å². The Balaban J connectivity index is 3.42. The van der Waals surface area contributed by atoms with Gasteiger partial charge in [0, 0.05) is 6.54 Å². The van der Waals surface area contributed by atoms with Crippen LogP contribution in [0.2, 0.25) is 0 Å². The fourth-order valence-corrected chi connectivity index (χ4v) is 1.46. The van der Waals surface area contributed by atoms with Gasteiger partial charge in [-0.05, 0) is 23.6 Å². The lowest BCUT2D eigenvalue weighted by Gasteiger charge is -2.07. The molecule has 0 atom stereocenters. The van der Waals surface area contributed by atoms with Crippen molar-refractivity contribution >= 4 is 5.97 Å². The Morgan fingerprint density at radius 3 is 2.60 bits per heavy atom. The molecule has 0 unspecified atom stereocenters. The summed E-state index contributed by atoms with van der Waals surface area (Å²) in [6.45, 7) is 2.08. The molecular formula is C11H12N2O2. The Morgan fingerprint density at radius 1 is 1.53 bits per heavy atom. The highest BCUT2D eigenvalue weighted by Crippen LogP contribution is 2.17. The zero-order chi connectivity index (χ0) is 11.4. The molecule has 1 aromatic rings. The third-order valence-electron chi connectivity index (χ3n) is 2.28. The van der Waals surface area contributed by atoms with Crippen molar-refractivity contribution < 1.29 is 9.90 Å². The SMILES string of the molecule is CCc1cc(CN)c(C(=O)O)cc1C#N. The Labute approximate surface area is 87.9 Å². The predicted molar refractivity (Wildman–Crippen MR) is 55.4 cm³/mol. The van der Waals surface area contributed by atoms with Crippen molar-refractivity contribution in [1.82, 2.24) is 0 Å². The highest BCUT2D eigenvalue weighted by Gasteiger charge is 2.12. The van der Waals surface area contributed by atoms with Crippen LogP contribution in [-0.4, -0.2) is 11.1 Å². The second-order valence-corrected chi connectivity index (χ2v) is 3.14. The van der Waals surface area contributed by atoms with Gasteiger partial charge in [0.15, 0.2) is 0 Å².